The normalized spacial score (nSPS) is 11.1. The molecule has 3 aromatic rings. The molecule has 0 saturated carbocycles. The van der Waals surface area contributed by atoms with E-state index in [9.17, 15) is 0 Å². The summed E-state index contributed by atoms with van der Waals surface area (Å²) in [6.45, 7) is 3.09. The van der Waals surface area contributed by atoms with Crippen LogP contribution in [0, 0.1) is 0 Å². The second kappa shape index (κ2) is 16.4. The van der Waals surface area contributed by atoms with Gasteiger partial charge in [0.25, 0.3) is 0 Å². The minimum atomic E-state index is 0.800. The van der Waals surface area contributed by atoms with Crippen molar-refractivity contribution in [3.63, 3.8) is 0 Å². The Balaban J connectivity index is 1.20. The Morgan fingerprint density at radius 2 is 1.03 bits per heavy atom. The van der Waals surface area contributed by atoms with Crippen molar-refractivity contribution >= 4 is 11.3 Å². The Morgan fingerprint density at radius 1 is 0.559 bits per heavy atom. The van der Waals surface area contributed by atoms with E-state index in [4.69, 9.17) is 4.74 Å². The molecule has 3 rings (SSSR count). The summed E-state index contributed by atoms with van der Waals surface area (Å²) in [4.78, 5) is 0. The maximum Gasteiger partial charge on any atom is 0.148 e. The fraction of sp³-hybridized carbons (Fsp3) is 0.533. The number of nitrogens with zero attached hydrogens (tertiary/aromatic N) is 2. The van der Waals surface area contributed by atoms with Crippen molar-refractivity contribution in [2.75, 3.05) is 6.61 Å². The molecular formula is C30H42N2OS. The van der Waals surface area contributed by atoms with Crippen molar-refractivity contribution in [3.05, 3.63) is 54.6 Å². The van der Waals surface area contributed by atoms with Crippen LogP contribution in [0.2, 0.25) is 0 Å². The van der Waals surface area contributed by atoms with Gasteiger partial charge in [-0.3, -0.25) is 0 Å². The first-order valence-electron chi connectivity index (χ1n) is 13.5. The lowest BCUT2D eigenvalue weighted by Crippen LogP contribution is -1.97. The molecule has 2 aromatic carbocycles. The molecule has 0 aliphatic rings. The van der Waals surface area contributed by atoms with E-state index >= 15 is 0 Å². The Kier molecular flexibility index (Phi) is 12.8. The number of rotatable bonds is 18. The number of unbranched alkanes of at least 4 members (excludes halogenated alkanes) is 13. The number of hydrogen-bond acceptors (Lipinski definition) is 4. The highest BCUT2D eigenvalue weighted by Gasteiger charge is 2.08. The maximum absolute atomic E-state index is 5.95. The van der Waals surface area contributed by atoms with Crippen LogP contribution < -0.4 is 4.74 Å². The molecule has 3 nitrogen and oxygen atoms in total. The van der Waals surface area contributed by atoms with E-state index in [0.29, 0.717) is 0 Å². The van der Waals surface area contributed by atoms with Crippen LogP contribution in [0.25, 0.3) is 21.1 Å². The monoisotopic (exact) mass is 478 g/mol. The predicted octanol–water partition coefficient (Wildman–Crippen LogP) is 9.73. The van der Waals surface area contributed by atoms with Crippen molar-refractivity contribution in [3.8, 4) is 26.9 Å². The fourth-order valence-electron chi connectivity index (χ4n) is 4.22. The van der Waals surface area contributed by atoms with Gasteiger partial charge in [0.15, 0.2) is 0 Å². The van der Waals surface area contributed by atoms with Crippen molar-refractivity contribution in [2.45, 2.75) is 96.8 Å². The first-order chi connectivity index (χ1) is 16.9. The SMILES string of the molecule is CCCCCCCCCCCCCCCCOc1ccc(-c2nnc(-c3ccccc3)s2)cc1. The largest absolute Gasteiger partial charge is 0.494 e. The Labute approximate surface area is 211 Å². The highest BCUT2D eigenvalue weighted by atomic mass is 32.1. The van der Waals surface area contributed by atoms with E-state index < -0.39 is 0 Å². The average Bonchev–Trinajstić information content (AvgIpc) is 3.38. The summed E-state index contributed by atoms with van der Waals surface area (Å²) in [5.41, 5.74) is 2.20. The summed E-state index contributed by atoms with van der Waals surface area (Å²) in [5.74, 6) is 0.936. The quantitative estimate of drug-likeness (QED) is 0.171. The third-order valence-electron chi connectivity index (χ3n) is 6.31. The highest BCUT2D eigenvalue weighted by Crippen LogP contribution is 2.30. The summed E-state index contributed by atoms with van der Waals surface area (Å²) < 4.78 is 5.95. The van der Waals surface area contributed by atoms with E-state index in [1.807, 2.05) is 30.3 Å². The lowest BCUT2D eigenvalue weighted by Gasteiger charge is -2.07. The van der Waals surface area contributed by atoms with Gasteiger partial charge in [-0.15, -0.1) is 10.2 Å². The number of hydrogen-bond donors (Lipinski definition) is 0. The zero-order chi connectivity index (χ0) is 23.7. The summed E-state index contributed by atoms with van der Waals surface area (Å²) >= 11 is 1.62. The molecule has 0 saturated heterocycles. The van der Waals surface area contributed by atoms with Crippen molar-refractivity contribution in [2.24, 2.45) is 0 Å². The molecule has 4 heteroatoms. The van der Waals surface area contributed by atoms with Crippen molar-refractivity contribution in [1.82, 2.24) is 10.2 Å². The topological polar surface area (TPSA) is 35.0 Å². The molecule has 0 fully saturated rings. The molecule has 184 valence electrons. The lowest BCUT2D eigenvalue weighted by atomic mass is 10.0. The maximum atomic E-state index is 5.95. The molecule has 0 N–H and O–H groups in total. The molecule has 0 amide bonds. The zero-order valence-corrected chi connectivity index (χ0v) is 21.8. The molecule has 0 spiro atoms. The third kappa shape index (κ3) is 9.97. The summed E-state index contributed by atoms with van der Waals surface area (Å²) in [6.07, 6.45) is 19.3. The van der Waals surface area contributed by atoms with Gasteiger partial charge in [-0.1, -0.05) is 132 Å². The van der Waals surface area contributed by atoms with Crippen LogP contribution in [0.5, 0.6) is 5.75 Å². The van der Waals surface area contributed by atoms with Crippen molar-refractivity contribution < 1.29 is 4.74 Å². The molecule has 0 aliphatic carbocycles. The fourth-order valence-corrected chi connectivity index (χ4v) is 5.07. The molecule has 34 heavy (non-hydrogen) atoms. The third-order valence-corrected chi connectivity index (χ3v) is 7.34. The highest BCUT2D eigenvalue weighted by molar-refractivity contribution is 7.17. The van der Waals surface area contributed by atoms with E-state index in [-0.39, 0.29) is 0 Å². The van der Waals surface area contributed by atoms with Gasteiger partial charge in [0.2, 0.25) is 0 Å². The molecule has 1 heterocycles. The number of ether oxygens (including phenoxy) is 1. The van der Waals surface area contributed by atoms with Crippen LogP contribution in [0.3, 0.4) is 0 Å². The first kappa shape index (κ1) is 26.4. The molecule has 1 aromatic heterocycles. The van der Waals surface area contributed by atoms with Crippen LogP contribution in [0.15, 0.2) is 54.6 Å². The van der Waals surface area contributed by atoms with Gasteiger partial charge in [-0.25, -0.2) is 0 Å². The molecule has 0 atom stereocenters. The van der Waals surface area contributed by atoms with E-state index in [0.717, 1.165) is 39.9 Å². The lowest BCUT2D eigenvalue weighted by molar-refractivity contribution is 0.304. The zero-order valence-electron chi connectivity index (χ0n) is 21.0. The van der Waals surface area contributed by atoms with Gasteiger partial charge in [0, 0.05) is 11.1 Å². The summed E-state index contributed by atoms with van der Waals surface area (Å²) in [5, 5.41) is 10.6. The number of aromatic nitrogens is 2. The predicted molar refractivity (Wildman–Crippen MR) is 147 cm³/mol. The Hall–Kier alpha value is -2.20. The Bertz CT molecular complexity index is 892. The molecule has 0 aliphatic heterocycles. The molecule has 0 unspecified atom stereocenters. The summed E-state index contributed by atoms with van der Waals surface area (Å²) in [6, 6.07) is 18.5. The second-order valence-electron chi connectivity index (χ2n) is 9.25. The van der Waals surface area contributed by atoms with Gasteiger partial charge in [-0.05, 0) is 30.7 Å². The Morgan fingerprint density at radius 3 is 1.56 bits per heavy atom. The molecule has 0 radical (unpaired) electrons. The number of benzene rings is 2. The van der Waals surface area contributed by atoms with Crippen molar-refractivity contribution in [1.29, 1.82) is 0 Å². The van der Waals surface area contributed by atoms with Crippen LogP contribution in [0.1, 0.15) is 96.8 Å². The first-order valence-corrected chi connectivity index (χ1v) is 14.3. The average molecular weight is 479 g/mol. The van der Waals surface area contributed by atoms with Crippen LogP contribution in [0.4, 0.5) is 0 Å². The standard InChI is InChI=1S/C30H42N2OS/c1-2-3-4-5-6-7-8-9-10-11-12-13-14-18-25-33-28-23-21-27(22-24-28)30-32-31-29(34-30)26-19-16-15-17-20-26/h15-17,19-24H,2-14,18,25H2,1H3. The summed E-state index contributed by atoms with van der Waals surface area (Å²) in [7, 11) is 0. The van der Waals surface area contributed by atoms with E-state index in [2.05, 4.69) is 41.4 Å². The van der Waals surface area contributed by atoms with Gasteiger partial charge < -0.3 is 4.74 Å². The molecular weight excluding hydrogens is 436 g/mol. The van der Waals surface area contributed by atoms with Crippen LogP contribution >= 0.6 is 11.3 Å². The smallest absolute Gasteiger partial charge is 0.148 e. The molecule has 0 bridgehead atoms. The minimum Gasteiger partial charge on any atom is -0.494 e. The minimum absolute atomic E-state index is 0.800. The van der Waals surface area contributed by atoms with Gasteiger partial charge in [0.1, 0.15) is 15.8 Å². The van der Waals surface area contributed by atoms with Crippen LogP contribution in [-0.4, -0.2) is 16.8 Å². The second-order valence-corrected chi connectivity index (χ2v) is 10.2. The van der Waals surface area contributed by atoms with Crippen LogP contribution in [-0.2, 0) is 0 Å². The van der Waals surface area contributed by atoms with E-state index in [1.165, 1.54) is 83.5 Å². The van der Waals surface area contributed by atoms with Gasteiger partial charge >= 0.3 is 0 Å². The van der Waals surface area contributed by atoms with Gasteiger partial charge in [0.05, 0.1) is 6.61 Å². The van der Waals surface area contributed by atoms with Gasteiger partial charge in [-0.2, -0.15) is 0 Å². The van der Waals surface area contributed by atoms with E-state index in [1.54, 1.807) is 11.3 Å².